The van der Waals surface area contributed by atoms with Gasteiger partial charge in [0.15, 0.2) is 5.41 Å². The zero-order valence-corrected chi connectivity index (χ0v) is 21.8. The molecule has 3 unspecified atom stereocenters. The number of esters is 2. The maximum atomic E-state index is 13.8. The van der Waals surface area contributed by atoms with Crippen LogP contribution in [0.25, 0.3) is 0 Å². The third-order valence-corrected chi connectivity index (χ3v) is 8.70. The first-order chi connectivity index (χ1) is 16.5. The van der Waals surface area contributed by atoms with Crippen LogP contribution in [0.2, 0.25) is 0 Å². The van der Waals surface area contributed by atoms with Crippen molar-refractivity contribution in [2.24, 2.45) is 5.92 Å². The number of quaternary nitrogens is 1. The number of methoxy groups -OCH3 is 1. The Morgan fingerprint density at radius 1 is 0.943 bits per heavy atom. The van der Waals surface area contributed by atoms with Gasteiger partial charge in [0, 0.05) is 25.7 Å². The number of carbonyl (C=O) groups is 2. The molecule has 0 amide bonds. The summed E-state index contributed by atoms with van der Waals surface area (Å²) in [4.78, 5) is 27.0. The molecule has 196 valence electrons. The van der Waals surface area contributed by atoms with Gasteiger partial charge in [0.05, 0.1) is 40.4 Å². The standard InChI is InChI=1S/C24H34NO4.CH4O4S/c1-25(2)19-13-14-20(25)16-21(15-19)29-23(27)24(22(26)28-3,18-11-7-8-12-18)17-9-5-4-6-10-17;1-5-6(2,3)4/h4-6,9-10,18-21H,7-8,11-16H2,1-3H3;1H3,(H,2,3,4)/q+1;/p-1. The van der Waals surface area contributed by atoms with E-state index in [4.69, 9.17) is 9.47 Å². The third kappa shape index (κ3) is 5.71. The number of nitrogens with zero attached hydrogens (tertiary/aromatic N) is 1. The van der Waals surface area contributed by atoms with Crippen LogP contribution < -0.4 is 0 Å². The first kappa shape index (κ1) is 27.6. The molecule has 0 spiro atoms. The Balaban J connectivity index is 0.000000509. The van der Waals surface area contributed by atoms with E-state index in [1.54, 1.807) is 0 Å². The normalized spacial score (nSPS) is 27.3. The Kier molecular flexibility index (Phi) is 8.62. The minimum atomic E-state index is -4.41. The Bertz CT molecular complexity index is 974. The molecule has 0 N–H and O–H groups in total. The molecule has 1 aromatic rings. The second-order valence-corrected chi connectivity index (χ2v) is 11.4. The molecule has 9 nitrogen and oxygen atoms in total. The highest BCUT2D eigenvalue weighted by Crippen LogP contribution is 2.46. The summed E-state index contributed by atoms with van der Waals surface area (Å²) in [7, 11) is 2.36. The number of hydrogen-bond acceptors (Lipinski definition) is 8. The molecular formula is C25H37NO8S. The van der Waals surface area contributed by atoms with Crippen molar-refractivity contribution in [2.75, 3.05) is 28.3 Å². The summed E-state index contributed by atoms with van der Waals surface area (Å²) in [6.45, 7) is 0. The average Bonchev–Trinajstić information content (AvgIpc) is 3.37. The number of carbonyl (C=O) groups excluding carboxylic acids is 2. The van der Waals surface area contributed by atoms with Crippen LogP contribution >= 0.6 is 0 Å². The lowest BCUT2D eigenvalue weighted by Gasteiger charge is -2.44. The summed E-state index contributed by atoms with van der Waals surface area (Å²) in [5.41, 5.74) is -0.647. The van der Waals surface area contributed by atoms with Crippen molar-refractivity contribution < 1.29 is 40.7 Å². The van der Waals surface area contributed by atoms with Crippen LogP contribution in [0.1, 0.15) is 56.9 Å². The minimum absolute atomic E-state index is 0.0719. The molecule has 0 radical (unpaired) electrons. The average molecular weight is 512 g/mol. The van der Waals surface area contributed by atoms with Crippen molar-refractivity contribution in [3.05, 3.63) is 35.9 Å². The number of ether oxygens (including phenoxy) is 2. The van der Waals surface area contributed by atoms with E-state index in [0.717, 1.165) is 50.1 Å². The van der Waals surface area contributed by atoms with Crippen molar-refractivity contribution >= 4 is 22.3 Å². The second kappa shape index (κ2) is 10.9. The highest BCUT2D eigenvalue weighted by molar-refractivity contribution is 7.80. The number of fused-ring (bicyclic) bond motifs is 2. The molecule has 35 heavy (non-hydrogen) atoms. The first-order valence-electron chi connectivity index (χ1n) is 12.2. The predicted molar refractivity (Wildman–Crippen MR) is 127 cm³/mol. The zero-order valence-electron chi connectivity index (χ0n) is 21.0. The number of rotatable bonds is 6. The Hall–Kier alpha value is -2.01. The molecule has 0 aromatic heterocycles. The fourth-order valence-corrected chi connectivity index (χ4v) is 6.28. The van der Waals surface area contributed by atoms with Crippen molar-refractivity contribution in [2.45, 2.75) is 75.0 Å². The highest BCUT2D eigenvalue weighted by atomic mass is 32.3. The fourth-order valence-electron chi connectivity index (χ4n) is 6.28. The molecule has 2 aliphatic heterocycles. The zero-order chi connectivity index (χ0) is 25.9. The summed E-state index contributed by atoms with van der Waals surface area (Å²) >= 11 is 0. The van der Waals surface area contributed by atoms with Crippen LogP contribution in [-0.2, 0) is 39.1 Å². The molecule has 3 fully saturated rings. The summed E-state index contributed by atoms with van der Waals surface area (Å²) in [5.74, 6) is -0.952. The number of piperidine rings is 1. The van der Waals surface area contributed by atoms with Gasteiger partial charge in [-0.1, -0.05) is 43.2 Å². The molecule has 3 atom stereocenters. The Labute approximate surface area is 208 Å². The summed E-state index contributed by atoms with van der Waals surface area (Å²) < 4.78 is 43.5. The van der Waals surface area contributed by atoms with E-state index >= 15 is 0 Å². The molecule has 2 bridgehead atoms. The molecule has 1 aromatic carbocycles. The summed E-state index contributed by atoms with van der Waals surface area (Å²) in [6.07, 6.45) is 7.78. The van der Waals surface area contributed by atoms with E-state index in [-0.39, 0.29) is 12.0 Å². The number of benzene rings is 1. The summed E-state index contributed by atoms with van der Waals surface area (Å²) in [5, 5.41) is 0. The van der Waals surface area contributed by atoms with Gasteiger partial charge in [0.2, 0.25) is 10.4 Å². The van der Waals surface area contributed by atoms with Crippen molar-refractivity contribution in [1.82, 2.24) is 0 Å². The second-order valence-electron chi connectivity index (χ2n) is 10.2. The first-order valence-corrected chi connectivity index (χ1v) is 13.5. The van der Waals surface area contributed by atoms with Crippen molar-refractivity contribution in [3.63, 3.8) is 0 Å². The van der Waals surface area contributed by atoms with Crippen LogP contribution in [0.5, 0.6) is 0 Å². The van der Waals surface area contributed by atoms with Crippen LogP contribution in [0.3, 0.4) is 0 Å². The van der Waals surface area contributed by atoms with E-state index in [0.29, 0.717) is 17.6 Å². The van der Waals surface area contributed by atoms with Gasteiger partial charge in [0.25, 0.3) is 0 Å². The van der Waals surface area contributed by atoms with E-state index in [1.807, 2.05) is 30.3 Å². The molecule has 4 rings (SSSR count). The highest BCUT2D eigenvalue weighted by Gasteiger charge is 2.58. The maximum absolute atomic E-state index is 13.8. The third-order valence-electron chi connectivity index (χ3n) is 8.29. The van der Waals surface area contributed by atoms with E-state index in [2.05, 4.69) is 18.3 Å². The van der Waals surface area contributed by atoms with Gasteiger partial charge < -0.3 is 18.5 Å². The fraction of sp³-hybridized carbons (Fsp3) is 0.680. The van der Waals surface area contributed by atoms with E-state index < -0.39 is 27.8 Å². The van der Waals surface area contributed by atoms with Crippen molar-refractivity contribution in [1.29, 1.82) is 0 Å². The topological polar surface area (TPSA) is 119 Å². The Morgan fingerprint density at radius 2 is 1.46 bits per heavy atom. The van der Waals surface area contributed by atoms with E-state index in [9.17, 15) is 22.6 Å². The van der Waals surface area contributed by atoms with E-state index in [1.165, 1.54) is 20.0 Å². The van der Waals surface area contributed by atoms with Gasteiger partial charge in [0.1, 0.15) is 6.10 Å². The molecule has 2 saturated heterocycles. The lowest BCUT2D eigenvalue weighted by molar-refractivity contribution is -0.931. The van der Waals surface area contributed by atoms with Gasteiger partial charge in [-0.15, -0.1) is 0 Å². The quantitative estimate of drug-likeness (QED) is 0.188. The molecule has 3 aliphatic rings. The molecule has 10 heteroatoms. The van der Waals surface area contributed by atoms with Crippen molar-refractivity contribution in [3.8, 4) is 0 Å². The Morgan fingerprint density at radius 3 is 1.91 bits per heavy atom. The molecule has 1 saturated carbocycles. The van der Waals surface area contributed by atoms with Crippen LogP contribution in [0.15, 0.2) is 30.3 Å². The molecule has 2 heterocycles. The molecular weight excluding hydrogens is 474 g/mol. The number of hydrogen-bond donors (Lipinski definition) is 0. The van der Waals surface area contributed by atoms with Gasteiger partial charge in [-0.2, -0.15) is 0 Å². The monoisotopic (exact) mass is 511 g/mol. The van der Waals surface area contributed by atoms with Gasteiger partial charge in [-0.25, -0.2) is 8.42 Å². The minimum Gasteiger partial charge on any atom is -0.726 e. The summed E-state index contributed by atoms with van der Waals surface area (Å²) in [6, 6.07) is 10.5. The van der Waals surface area contributed by atoms with Crippen LogP contribution in [0, 0.1) is 5.92 Å². The maximum Gasteiger partial charge on any atom is 0.328 e. The largest absolute Gasteiger partial charge is 0.726 e. The lowest BCUT2D eigenvalue weighted by Crippen LogP contribution is -2.57. The van der Waals surface area contributed by atoms with Crippen LogP contribution in [0.4, 0.5) is 0 Å². The predicted octanol–water partition coefficient (Wildman–Crippen LogP) is 2.69. The molecule has 1 aliphatic carbocycles. The smallest absolute Gasteiger partial charge is 0.328 e. The van der Waals surface area contributed by atoms with Gasteiger partial charge in [-0.3, -0.25) is 13.8 Å². The lowest BCUT2D eigenvalue weighted by atomic mass is 9.69. The van der Waals surface area contributed by atoms with Crippen LogP contribution in [-0.4, -0.2) is 75.9 Å². The van der Waals surface area contributed by atoms with Gasteiger partial charge >= 0.3 is 11.9 Å². The SMILES string of the molecule is COC(=O)C(C(=O)OC1CC2CCC(C1)[N+]2(C)C)(c1ccccc1)C1CCCC1.COS(=O)(=O)[O-]. The van der Waals surface area contributed by atoms with Gasteiger partial charge in [-0.05, 0) is 24.3 Å².